The van der Waals surface area contributed by atoms with Crippen molar-refractivity contribution in [3.63, 3.8) is 0 Å². The number of urea groups is 1. The number of hydrogen-bond donors (Lipinski definition) is 18. The number of rotatable bonds is 21. The average Bonchev–Trinajstić information content (AvgIpc) is 3.41. The van der Waals surface area contributed by atoms with E-state index in [1.165, 1.54) is 36.4 Å². The molecule has 0 aliphatic carbocycles. The lowest BCUT2D eigenvalue weighted by molar-refractivity contribution is -0.136. The van der Waals surface area contributed by atoms with E-state index in [4.69, 9.17) is 40.1 Å². The van der Waals surface area contributed by atoms with Gasteiger partial charge in [-0.25, -0.2) is 4.79 Å². The van der Waals surface area contributed by atoms with Crippen molar-refractivity contribution in [1.29, 1.82) is 0 Å². The molecule has 0 saturated carbocycles. The highest BCUT2D eigenvalue weighted by molar-refractivity contribution is 5.98. The Morgan fingerprint density at radius 1 is 0.691 bits per heavy atom. The van der Waals surface area contributed by atoms with Crippen LogP contribution in [0.4, 0.5) is 4.79 Å². The number of aliphatic imine (C=N–C) groups is 3. The van der Waals surface area contributed by atoms with Crippen molar-refractivity contribution in [2.45, 2.75) is 133 Å². The summed E-state index contributed by atoms with van der Waals surface area (Å²) in [7, 11) is 0. The second-order valence-corrected chi connectivity index (χ2v) is 19.7. The van der Waals surface area contributed by atoms with Crippen molar-refractivity contribution in [1.82, 2.24) is 47.9 Å². The molecular weight excluding hydrogens is 1050 g/mol. The summed E-state index contributed by atoms with van der Waals surface area (Å²) in [5.74, 6) is -7.72. The first kappa shape index (κ1) is 66.3. The first-order valence-corrected chi connectivity index (χ1v) is 26.6. The third-order valence-corrected chi connectivity index (χ3v) is 12.3. The van der Waals surface area contributed by atoms with Gasteiger partial charge in [0.2, 0.25) is 47.3 Å². The highest BCUT2D eigenvalue weighted by Crippen LogP contribution is 2.15. The summed E-state index contributed by atoms with van der Waals surface area (Å²) in [6.45, 7) is 3.94. The first-order chi connectivity index (χ1) is 38.4. The fourth-order valence-corrected chi connectivity index (χ4v) is 8.06. The Morgan fingerprint density at radius 3 is 1.85 bits per heavy atom. The molecule has 446 valence electrons. The summed E-state index contributed by atoms with van der Waals surface area (Å²) in [4.78, 5) is 136. The maximum Gasteiger partial charge on any atom is 0.321 e. The number of nitrogens with zero attached hydrogens (tertiary/aromatic N) is 3. The van der Waals surface area contributed by atoms with Gasteiger partial charge in [-0.3, -0.25) is 58.7 Å². The van der Waals surface area contributed by atoms with E-state index in [9.17, 15) is 53.4 Å². The van der Waals surface area contributed by atoms with Crippen LogP contribution in [0.3, 0.4) is 0 Å². The fraction of sp³-hybridized carbons (Fsp3) is 0.529. The molecule has 0 fully saturated rings. The molecule has 0 unspecified atom stereocenters. The molecule has 0 bridgehead atoms. The fourth-order valence-electron chi connectivity index (χ4n) is 8.06. The van der Waals surface area contributed by atoms with Crippen molar-refractivity contribution in [2.75, 3.05) is 32.7 Å². The van der Waals surface area contributed by atoms with Crippen LogP contribution in [0.25, 0.3) is 0 Å². The quantitative estimate of drug-likeness (QED) is 0.0318. The van der Waals surface area contributed by atoms with Gasteiger partial charge in [-0.05, 0) is 99.1 Å². The number of hydrogen-bond acceptors (Lipinski definition) is 16. The Balaban J connectivity index is 2.06. The number of nitrogens with two attached hydrogens (primary N) is 7. The molecule has 0 radical (unpaired) electrons. The molecular formula is C51H81N19O11. The van der Waals surface area contributed by atoms with Crippen LogP contribution in [0.1, 0.15) is 89.2 Å². The van der Waals surface area contributed by atoms with Gasteiger partial charge < -0.3 is 92.9 Å². The molecule has 1 aliphatic heterocycles. The molecule has 0 saturated heterocycles. The smallest absolute Gasteiger partial charge is 0.321 e. The minimum atomic E-state index is -1.49. The van der Waals surface area contributed by atoms with Gasteiger partial charge >= 0.3 is 6.03 Å². The lowest BCUT2D eigenvalue weighted by Gasteiger charge is -2.28. The van der Waals surface area contributed by atoms with Crippen LogP contribution in [-0.2, 0) is 51.2 Å². The summed E-state index contributed by atoms with van der Waals surface area (Å²) in [5, 5.41) is 43.4. The maximum absolute atomic E-state index is 14.7. The molecule has 7 atom stereocenters. The van der Waals surface area contributed by atoms with Crippen molar-refractivity contribution in [2.24, 2.45) is 61.0 Å². The topological polar surface area (TPSA) is 522 Å². The number of aromatic hydroxyl groups is 2. The number of amides is 10. The number of phenols is 2. The molecule has 3 rings (SSSR count). The summed E-state index contributed by atoms with van der Waals surface area (Å²) >= 11 is 0. The Bertz CT molecular complexity index is 2520. The molecule has 30 heteroatoms. The van der Waals surface area contributed by atoms with Crippen LogP contribution in [0.5, 0.6) is 11.5 Å². The SMILES string of the molecule is CC(C)C[C@H](NC(=O)[C@@H]1CCCN=C(N)NC(=O)NCCCCNC(=O)C[C@H](N)C(=O)N[C@@H](CCCN=C(N)N)C(=O)N[C@@H](Cc2ccc(O)cc2)C(=O)N1)C(=O)N[C@@H](CCCN=C(N)N)C(=O)N[C@@H](Cc1ccc(O)cc1)C(N)=O. The van der Waals surface area contributed by atoms with E-state index >= 15 is 0 Å². The second-order valence-electron chi connectivity index (χ2n) is 19.7. The largest absolute Gasteiger partial charge is 0.508 e. The van der Waals surface area contributed by atoms with Crippen LogP contribution in [0.15, 0.2) is 63.5 Å². The summed E-state index contributed by atoms with van der Waals surface area (Å²) in [5.41, 5.74) is 40.9. The summed E-state index contributed by atoms with van der Waals surface area (Å²) < 4.78 is 0. The van der Waals surface area contributed by atoms with Gasteiger partial charge in [-0.2, -0.15) is 0 Å². The van der Waals surface area contributed by atoms with Crippen molar-refractivity contribution < 1.29 is 53.4 Å². The zero-order valence-electron chi connectivity index (χ0n) is 45.7. The van der Waals surface area contributed by atoms with Gasteiger partial charge in [0.15, 0.2) is 17.9 Å². The van der Waals surface area contributed by atoms with Gasteiger partial charge in [0.05, 0.1) is 12.5 Å². The van der Waals surface area contributed by atoms with Crippen LogP contribution in [0.2, 0.25) is 0 Å². The molecule has 30 nitrogen and oxygen atoms in total. The van der Waals surface area contributed by atoms with E-state index in [1.54, 1.807) is 26.0 Å². The molecule has 25 N–H and O–H groups in total. The van der Waals surface area contributed by atoms with Gasteiger partial charge in [-0.1, -0.05) is 38.1 Å². The number of phenolic OH excluding ortho intramolecular Hbond substituents is 2. The van der Waals surface area contributed by atoms with Crippen LogP contribution < -0.4 is 88.0 Å². The van der Waals surface area contributed by atoms with E-state index in [0.29, 0.717) is 24.0 Å². The Kier molecular flexibility index (Phi) is 28.5. The number of nitrogens with one attached hydrogen (secondary N) is 9. The first-order valence-electron chi connectivity index (χ1n) is 26.6. The molecule has 2 aromatic carbocycles. The van der Waals surface area contributed by atoms with Crippen LogP contribution in [0, 0.1) is 5.92 Å². The third kappa shape index (κ3) is 26.5. The van der Waals surface area contributed by atoms with E-state index in [-0.39, 0.29) is 126 Å². The van der Waals surface area contributed by atoms with E-state index < -0.39 is 102 Å². The van der Waals surface area contributed by atoms with E-state index in [0.717, 1.165) is 0 Å². The molecule has 1 heterocycles. The molecule has 2 aromatic rings. The Morgan fingerprint density at radius 2 is 1.25 bits per heavy atom. The average molecular weight is 1140 g/mol. The number of benzene rings is 2. The Labute approximate surface area is 469 Å². The lowest BCUT2D eigenvalue weighted by atomic mass is 10.00. The molecule has 1 aliphatic rings. The predicted octanol–water partition coefficient (Wildman–Crippen LogP) is -4.55. The van der Waals surface area contributed by atoms with E-state index in [1.807, 2.05) is 0 Å². The third-order valence-electron chi connectivity index (χ3n) is 12.3. The van der Waals surface area contributed by atoms with Gasteiger partial charge in [0.1, 0.15) is 47.8 Å². The zero-order chi connectivity index (χ0) is 60.0. The summed E-state index contributed by atoms with van der Waals surface area (Å²) in [6.07, 6.45) is 0.172. The predicted molar refractivity (Wildman–Crippen MR) is 301 cm³/mol. The highest BCUT2D eigenvalue weighted by atomic mass is 16.3. The number of carbonyl (C=O) groups excluding carboxylic acids is 9. The molecule has 0 aromatic heterocycles. The van der Waals surface area contributed by atoms with E-state index in [2.05, 4.69) is 62.8 Å². The van der Waals surface area contributed by atoms with Gasteiger partial charge in [0.25, 0.3) is 0 Å². The van der Waals surface area contributed by atoms with Gasteiger partial charge in [-0.15, -0.1) is 0 Å². The van der Waals surface area contributed by atoms with Gasteiger partial charge in [0, 0.05) is 45.6 Å². The van der Waals surface area contributed by atoms with Crippen LogP contribution in [-0.4, -0.2) is 156 Å². The summed E-state index contributed by atoms with van der Waals surface area (Å²) in [6, 6.07) is 1.19. The lowest BCUT2D eigenvalue weighted by Crippen LogP contribution is -2.60. The molecule has 10 amide bonds. The number of primary amides is 1. The minimum absolute atomic E-state index is 0.00403. The van der Waals surface area contributed by atoms with Crippen LogP contribution >= 0.6 is 0 Å². The Hall–Kier alpha value is -8.96. The minimum Gasteiger partial charge on any atom is -0.508 e. The van der Waals surface area contributed by atoms with Crippen molar-refractivity contribution >= 4 is 71.2 Å². The second kappa shape index (κ2) is 34.8. The zero-order valence-corrected chi connectivity index (χ0v) is 45.7. The normalized spacial score (nSPS) is 19.5. The number of guanidine groups is 3. The standard InChI is InChI=1S/C51H81N19O11/c1-28(2)24-38(46(79)65-35(9-6-22-61-49(56)57)43(76)67-37(41(53)74)25-29-11-15-31(71)16-12-29)68-45(78)36-10-7-23-62-50(58)70-51(81)63-20-4-3-19-59-40(73)27-33(52)42(75)64-34(8-5-21-60-48(54)55)44(77)69-39(47(80)66-36)26-30-13-17-32(72)18-14-30/h11-18,28,33-39,71-72H,3-10,19-27,52H2,1-2H3,(H2,53,74)(H,59,73)(H,64,75)(H,65,79)(H,66,80)(H,67,76)(H,68,78)(H,69,77)(H4,54,55,60)(H4,56,57,61)(H4,58,62,63,70,81)/t33-,34-,35-,36-,37-,38-,39-/m0/s1. The van der Waals surface area contributed by atoms with Crippen molar-refractivity contribution in [3.05, 3.63) is 59.7 Å². The highest BCUT2D eigenvalue weighted by Gasteiger charge is 2.34. The van der Waals surface area contributed by atoms with Crippen molar-refractivity contribution in [3.8, 4) is 11.5 Å². The maximum atomic E-state index is 14.7. The monoisotopic (exact) mass is 1140 g/mol. The molecule has 0 spiro atoms. The molecule has 81 heavy (non-hydrogen) atoms. The number of carbonyl (C=O) groups is 9.